The summed E-state index contributed by atoms with van der Waals surface area (Å²) in [5.74, 6) is -3.58. The van der Waals surface area contributed by atoms with Gasteiger partial charge < -0.3 is 14.9 Å². The van der Waals surface area contributed by atoms with Gasteiger partial charge in [-0.15, -0.1) is 0 Å². The van der Waals surface area contributed by atoms with Crippen LogP contribution in [-0.4, -0.2) is 34.7 Å². The van der Waals surface area contributed by atoms with E-state index in [1.807, 2.05) is 6.92 Å². The van der Waals surface area contributed by atoms with Crippen molar-refractivity contribution in [2.45, 2.75) is 46.0 Å². The molecular weight excluding hydrogens is 276 g/mol. The zero-order chi connectivity index (χ0) is 16.4. The van der Waals surface area contributed by atoms with E-state index in [9.17, 15) is 14.4 Å². The molecule has 6 nitrogen and oxygen atoms in total. The number of carboxylic acid groups (broad SMARTS) is 2. The van der Waals surface area contributed by atoms with Crippen LogP contribution in [0.4, 0.5) is 0 Å². The Morgan fingerprint density at radius 1 is 1.10 bits per heavy atom. The number of rotatable bonds is 5. The third-order valence-electron chi connectivity index (χ3n) is 3.19. The summed E-state index contributed by atoms with van der Waals surface area (Å²) < 4.78 is 4.71. The van der Waals surface area contributed by atoms with Crippen molar-refractivity contribution in [1.29, 1.82) is 0 Å². The number of hydrogen-bond acceptors (Lipinski definition) is 4. The predicted octanol–water partition coefficient (Wildman–Crippen LogP) is 2.48. The van der Waals surface area contributed by atoms with Crippen molar-refractivity contribution in [2.24, 2.45) is 11.8 Å². The largest absolute Gasteiger partial charge is 0.481 e. The molecule has 1 fully saturated rings. The Morgan fingerprint density at radius 2 is 1.52 bits per heavy atom. The summed E-state index contributed by atoms with van der Waals surface area (Å²) in [6, 6.07) is 0. The number of ether oxygens (including phenoxy) is 1. The molecular formula is C15H24O6. The standard InChI is InChI=1S/C8H12O4.C7H12O2/c9-7(10)5-3-1-2-4-6(5)8(11)12;1-4-5-9-7(8)6(2)3/h5-6H,1-4H2,(H,9,10)(H,11,12);2,4-5H2,1,3H3. The van der Waals surface area contributed by atoms with E-state index in [0.717, 1.165) is 19.3 Å². The fourth-order valence-corrected chi connectivity index (χ4v) is 2.04. The van der Waals surface area contributed by atoms with Gasteiger partial charge in [-0.3, -0.25) is 9.59 Å². The molecule has 1 aliphatic carbocycles. The van der Waals surface area contributed by atoms with Gasteiger partial charge in [0.05, 0.1) is 18.4 Å². The van der Waals surface area contributed by atoms with Gasteiger partial charge in [0.15, 0.2) is 0 Å². The minimum atomic E-state index is -0.970. The average molecular weight is 300 g/mol. The van der Waals surface area contributed by atoms with E-state index in [0.29, 0.717) is 25.0 Å². The van der Waals surface area contributed by atoms with Gasteiger partial charge in [0, 0.05) is 5.57 Å². The summed E-state index contributed by atoms with van der Waals surface area (Å²) in [5.41, 5.74) is 0.462. The van der Waals surface area contributed by atoms with Gasteiger partial charge >= 0.3 is 17.9 Å². The first kappa shape index (κ1) is 19.1. The van der Waals surface area contributed by atoms with Crippen molar-refractivity contribution in [3.05, 3.63) is 12.2 Å². The highest BCUT2D eigenvalue weighted by atomic mass is 16.5. The number of aliphatic carboxylic acids is 2. The zero-order valence-corrected chi connectivity index (χ0v) is 12.6. The van der Waals surface area contributed by atoms with Gasteiger partial charge in [0.1, 0.15) is 0 Å². The van der Waals surface area contributed by atoms with Crippen LogP contribution in [0.5, 0.6) is 0 Å². The highest BCUT2D eigenvalue weighted by Crippen LogP contribution is 2.30. The first-order chi connectivity index (χ1) is 9.81. The summed E-state index contributed by atoms with van der Waals surface area (Å²) in [6.45, 7) is 7.51. The first-order valence-electron chi connectivity index (χ1n) is 7.09. The Labute approximate surface area is 124 Å². The van der Waals surface area contributed by atoms with Crippen LogP contribution >= 0.6 is 0 Å². The van der Waals surface area contributed by atoms with Gasteiger partial charge in [-0.2, -0.15) is 0 Å². The van der Waals surface area contributed by atoms with Crippen LogP contribution < -0.4 is 0 Å². The summed E-state index contributed by atoms with van der Waals surface area (Å²) in [6.07, 6.45) is 3.54. The Kier molecular flexibility index (Phi) is 9.08. The molecule has 0 aromatic heterocycles. The van der Waals surface area contributed by atoms with Gasteiger partial charge in [-0.1, -0.05) is 26.3 Å². The maximum atomic E-state index is 10.6. The summed E-state index contributed by atoms with van der Waals surface area (Å²) in [7, 11) is 0. The summed E-state index contributed by atoms with van der Waals surface area (Å²) in [4.78, 5) is 31.8. The maximum Gasteiger partial charge on any atom is 0.333 e. The first-order valence-corrected chi connectivity index (χ1v) is 7.09. The van der Waals surface area contributed by atoms with Crippen LogP contribution in [0.2, 0.25) is 0 Å². The maximum absolute atomic E-state index is 10.6. The second kappa shape index (κ2) is 9.96. The molecule has 2 atom stereocenters. The highest BCUT2D eigenvalue weighted by molar-refractivity contribution is 5.86. The molecule has 0 saturated heterocycles. The second-order valence-corrected chi connectivity index (χ2v) is 5.09. The van der Waals surface area contributed by atoms with Crippen LogP contribution in [0.1, 0.15) is 46.0 Å². The predicted molar refractivity (Wildman–Crippen MR) is 76.8 cm³/mol. The minimum absolute atomic E-state index is 0.295. The molecule has 0 aromatic rings. The number of carboxylic acids is 2. The Hall–Kier alpha value is -1.85. The molecule has 0 aliphatic heterocycles. The van der Waals surface area contributed by atoms with E-state index in [4.69, 9.17) is 14.9 Å². The lowest BCUT2D eigenvalue weighted by atomic mass is 9.79. The van der Waals surface area contributed by atoms with Crippen molar-refractivity contribution in [1.82, 2.24) is 0 Å². The molecule has 120 valence electrons. The SMILES string of the molecule is C=C(C)C(=O)OCCC.O=C(O)C1CCCCC1C(=O)O. The normalized spacial score (nSPS) is 20.7. The van der Waals surface area contributed by atoms with Crippen molar-refractivity contribution in [3.8, 4) is 0 Å². The molecule has 0 radical (unpaired) electrons. The van der Waals surface area contributed by atoms with Crippen LogP contribution in [0, 0.1) is 11.8 Å². The molecule has 1 aliphatic rings. The Morgan fingerprint density at radius 3 is 1.81 bits per heavy atom. The minimum Gasteiger partial charge on any atom is -0.481 e. The third-order valence-corrected chi connectivity index (χ3v) is 3.19. The highest BCUT2D eigenvalue weighted by Gasteiger charge is 2.35. The fourth-order valence-electron chi connectivity index (χ4n) is 2.04. The van der Waals surface area contributed by atoms with E-state index in [1.54, 1.807) is 6.92 Å². The van der Waals surface area contributed by atoms with Crippen molar-refractivity contribution < 1.29 is 29.3 Å². The topological polar surface area (TPSA) is 101 Å². The van der Waals surface area contributed by atoms with Crippen LogP contribution in [-0.2, 0) is 19.1 Å². The van der Waals surface area contributed by atoms with Gasteiger partial charge in [0.25, 0.3) is 0 Å². The van der Waals surface area contributed by atoms with Crippen LogP contribution in [0.25, 0.3) is 0 Å². The lowest BCUT2D eigenvalue weighted by Crippen LogP contribution is -2.32. The molecule has 0 aromatic carbocycles. The van der Waals surface area contributed by atoms with Gasteiger partial charge in [0.2, 0.25) is 0 Å². The Bertz CT molecular complexity index is 366. The smallest absolute Gasteiger partial charge is 0.333 e. The summed E-state index contributed by atoms with van der Waals surface area (Å²) in [5, 5.41) is 17.4. The molecule has 2 N–H and O–H groups in total. The van der Waals surface area contributed by atoms with E-state index in [-0.39, 0.29) is 5.97 Å². The monoisotopic (exact) mass is 300 g/mol. The molecule has 21 heavy (non-hydrogen) atoms. The molecule has 6 heteroatoms. The second-order valence-electron chi connectivity index (χ2n) is 5.09. The van der Waals surface area contributed by atoms with E-state index < -0.39 is 23.8 Å². The molecule has 0 heterocycles. The molecule has 1 saturated carbocycles. The Balaban J connectivity index is 0.000000400. The number of esters is 1. The zero-order valence-electron chi connectivity index (χ0n) is 12.6. The fraction of sp³-hybridized carbons (Fsp3) is 0.667. The number of carbonyl (C=O) groups excluding carboxylic acids is 1. The quantitative estimate of drug-likeness (QED) is 0.597. The number of hydrogen-bond donors (Lipinski definition) is 2. The average Bonchev–Trinajstić information content (AvgIpc) is 2.45. The third kappa shape index (κ3) is 7.48. The van der Waals surface area contributed by atoms with E-state index in [1.165, 1.54) is 0 Å². The molecule has 0 bridgehead atoms. The van der Waals surface area contributed by atoms with Crippen molar-refractivity contribution >= 4 is 17.9 Å². The van der Waals surface area contributed by atoms with E-state index >= 15 is 0 Å². The van der Waals surface area contributed by atoms with Gasteiger partial charge in [-0.25, -0.2) is 4.79 Å². The lowest BCUT2D eigenvalue weighted by Gasteiger charge is -2.24. The van der Waals surface area contributed by atoms with Crippen LogP contribution in [0.3, 0.4) is 0 Å². The van der Waals surface area contributed by atoms with Crippen LogP contribution in [0.15, 0.2) is 12.2 Å². The van der Waals surface area contributed by atoms with E-state index in [2.05, 4.69) is 6.58 Å². The molecule has 2 unspecified atom stereocenters. The molecule has 0 spiro atoms. The number of carbonyl (C=O) groups is 3. The molecule has 1 rings (SSSR count). The summed E-state index contributed by atoms with van der Waals surface area (Å²) >= 11 is 0. The van der Waals surface area contributed by atoms with Gasteiger partial charge in [-0.05, 0) is 26.2 Å². The van der Waals surface area contributed by atoms with Crippen molar-refractivity contribution in [3.63, 3.8) is 0 Å². The lowest BCUT2D eigenvalue weighted by molar-refractivity contribution is -0.155. The van der Waals surface area contributed by atoms with Crippen molar-refractivity contribution in [2.75, 3.05) is 6.61 Å². The molecule has 0 amide bonds.